The molecule has 5 nitrogen and oxygen atoms in total. The van der Waals surface area contributed by atoms with Crippen LogP contribution in [0, 0.1) is 0 Å². The third-order valence-corrected chi connectivity index (χ3v) is 7.26. The lowest BCUT2D eigenvalue weighted by molar-refractivity contribution is 0.0984. The average Bonchev–Trinajstić information content (AvgIpc) is 3.20. The number of benzene rings is 2. The summed E-state index contributed by atoms with van der Waals surface area (Å²) in [6.45, 7) is 0.977. The van der Waals surface area contributed by atoms with Crippen LogP contribution in [0.5, 0.6) is 0 Å². The fraction of sp³-hybridized carbons (Fsp3) is 0.333. The van der Waals surface area contributed by atoms with Gasteiger partial charge in [0.15, 0.2) is 0 Å². The van der Waals surface area contributed by atoms with E-state index in [1.165, 1.54) is 37.7 Å². The molecular formula is C30H33N3O2. The minimum absolute atomic E-state index is 0.0114. The van der Waals surface area contributed by atoms with Gasteiger partial charge in [0, 0.05) is 43.3 Å². The van der Waals surface area contributed by atoms with Gasteiger partial charge in [0.05, 0.1) is 18.8 Å². The van der Waals surface area contributed by atoms with Crippen molar-refractivity contribution in [3.8, 4) is 0 Å². The Morgan fingerprint density at radius 3 is 2.37 bits per heavy atom. The van der Waals surface area contributed by atoms with Gasteiger partial charge in [0.1, 0.15) is 0 Å². The second-order valence-electron chi connectivity index (χ2n) is 9.92. The normalized spacial score (nSPS) is 16.0. The summed E-state index contributed by atoms with van der Waals surface area (Å²) in [7, 11) is 3.79. The minimum Gasteiger partial charge on any atom is -0.383 e. The van der Waals surface area contributed by atoms with E-state index in [2.05, 4.69) is 12.1 Å². The monoisotopic (exact) mass is 467 g/mol. The number of para-hydroxylation sites is 1. The first-order valence-corrected chi connectivity index (χ1v) is 12.6. The lowest BCUT2D eigenvalue weighted by Gasteiger charge is -2.24. The van der Waals surface area contributed by atoms with Crippen molar-refractivity contribution < 1.29 is 9.59 Å². The molecule has 2 aromatic carbocycles. The molecule has 0 radical (unpaired) electrons. The zero-order chi connectivity index (χ0) is 24.4. The number of hydrogen-bond acceptors (Lipinski definition) is 3. The topological polar surface area (TPSA) is 45.6 Å². The third-order valence-electron chi connectivity index (χ3n) is 7.26. The predicted octanol–water partition coefficient (Wildman–Crippen LogP) is 6.00. The first kappa shape index (κ1) is 23.2. The number of carbonyl (C=O) groups excluding carboxylic acids is 2. The van der Waals surface area contributed by atoms with Gasteiger partial charge < -0.3 is 14.4 Å². The molecule has 2 heterocycles. The molecule has 0 N–H and O–H groups in total. The van der Waals surface area contributed by atoms with Gasteiger partial charge in [-0.1, -0.05) is 49.6 Å². The number of carbonyl (C=O) groups is 2. The fourth-order valence-electron chi connectivity index (χ4n) is 5.35. The van der Waals surface area contributed by atoms with Crippen molar-refractivity contribution in [2.75, 3.05) is 19.0 Å². The molecule has 0 bridgehead atoms. The first-order valence-electron chi connectivity index (χ1n) is 12.6. The highest BCUT2D eigenvalue weighted by atomic mass is 16.2. The van der Waals surface area contributed by atoms with Crippen molar-refractivity contribution in [3.05, 3.63) is 101 Å². The Hall–Kier alpha value is -3.60. The van der Waals surface area contributed by atoms with E-state index in [9.17, 15) is 9.59 Å². The van der Waals surface area contributed by atoms with E-state index >= 15 is 0 Å². The highest BCUT2D eigenvalue weighted by Gasteiger charge is 2.27. The van der Waals surface area contributed by atoms with E-state index in [0.29, 0.717) is 30.3 Å². The van der Waals surface area contributed by atoms with Crippen molar-refractivity contribution in [1.29, 1.82) is 0 Å². The van der Waals surface area contributed by atoms with Gasteiger partial charge in [-0.25, -0.2) is 0 Å². The van der Waals surface area contributed by atoms with Gasteiger partial charge in [0.25, 0.3) is 5.91 Å². The summed E-state index contributed by atoms with van der Waals surface area (Å²) >= 11 is 0. The van der Waals surface area contributed by atoms with Gasteiger partial charge in [-0.15, -0.1) is 0 Å². The van der Waals surface area contributed by atoms with E-state index in [4.69, 9.17) is 0 Å². The molecule has 1 aliphatic carbocycles. The molecule has 0 atom stereocenters. The molecule has 35 heavy (non-hydrogen) atoms. The van der Waals surface area contributed by atoms with Gasteiger partial charge in [-0.05, 0) is 60.2 Å². The Kier molecular flexibility index (Phi) is 6.58. The van der Waals surface area contributed by atoms with Crippen LogP contribution in [-0.4, -0.2) is 35.3 Å². The van der Waals surface area contributed by atoms with Gasteiger partial charge >= 0.3 is 0 Å². The second-order valence-corrected chi connectivity index (χ2v) is 9.92. The standard InChI is InChI=1S/C30H33N3O2/c1-31(2)19-18-29(34)28-17-16-26-21-33(27-11-7-6-10-25(27)20-32(26)28)30(35)24-14-12-23(13-15-24)22-8-4-3-5-9-22/h6-7,10-19,22H,3-5,8-9,20-21H2,1-2H3. The molecule has 5 rings (SSSR count). The summed E-state index contributed by atoms with van der Waals surface area (Å²) in [5.41, 5.74) is 5.57. The number of anilines is 1. The molecule has 2 aliphatic rings. The molecule has 0 saturated heterocycles. The largest absolute Gasteiger partial charge is 0.383 e. The molecule has 1 aromatic heterocycles. The van der Waals surface area contributed by atoms with Crippen LogP contribution in [-0.2, 0) is 13.1 Å². The van der Waals surface area contributed by atoms with Crippen LogP contribution in [0.15, 0.2) is 72.9 Å². The first-order chi connectivity index (χ1) is 17.0. The maximum atomic E-state index is 13.8. The quantitative estimate of drug-likeness (QED) is 0.341. The maximum Gasteiger partial charge on any atom is 0.258 e. The Bertz CT molecular complexity index is 1250. The smallest absolute Gasteiger partial charge is 0.258 e. The number of rotatable bonds is 5. The van der Waals surface area contributed by atoms with Gasteiger partial charge in [0.2, 0.25) is 5.78 Å². The minimum atomic E-state index is -0.0412. The summed E-state index contributed by atoms with van der Waals surface area (Å²) in [6.07, 6.45) is 9.78. The highest BCUT2D eigenvalue weighted by Crippen LogP contribution is 2.34. The summed E-state index contributed by atoms with van der Waals surface area (Å²) in [5, 5.41) is 0. The number of allylic oxidation sites excluding steroid dienone is 1. The molecule has 0 unspecified atom stereocenters. The molecule has 3 aromatic rings. The molecule has 0 spiro atoms. The van der Waals surface area contributed by atoms with Crippen molar-refractivity contribution in [2.24, 2.45) is 0 Å². The molecule has 5 heteroatoms. The maximum absolute atomic E-state index is 13.8. The van der Waals surface area contributed by atoms with Gasteiger partial charge in [-0.2, -0.15) is 0 Å². The van der Waals surface area contributed by atoms with Crippen LogP contribution in [0.3, 0.4) is 0 Å². The Morgan fingerprint density at radius 2 is 1.63 bits per heavy atom. The van der Waals surface area contributed by atoms with Gasteiger partial charge in [-0.3, -0.25) is 9.59 Å². The lowest BCUT2D eigenvalue weighted by atomic mass is 9.84. The number of fused-ring (bicyclic) bond motifs is 2. The van der Waals surface area contributed by atoms with Crippen LogP contribution in [0.1, 0.15) is 75.7 Å². The highest BCUT2D eigenvalue weighted by molar-refractivity contribution is 6.07. The molecule has 1 fully saturated rings. The zero-order valence-corrected chi connectivity index (χ0v) is 20.6. The van der Waals surface area contributed by atoms with Crippen LogP contribution in [0.25, 0.3) is 0 Å². The molecule has 180 valence electrons. The SMILES string of the molecule is CN(C)C=CC(=O)c1ccc2n1Cc1ccccc1N(C(=O)c1ccc(C3CCCCC3)cc1)C2. The number of nitrogens with zero attached hydrogens (tertiary/aromatic N) is 3. The summed E-state index contributed by atoms with van der Waals surface area (Å²) < 4.78 is 2.04. The lowest BCUT2D eigenvalue weighted by Crippen LogP contribution is -2.30. The van der Waals surface area contributed by atoms with E-state index < -0.39 is 0 Å². The fourth-order valence-corrected chi connectivity index (χ4v) is 5.35. The summed E-state index contributed by atoms with van der Waals surface area (Å²) in [5.74, 6) is 0.566. The predicted molar refractivity (Wildman–Crippen MR) is 140 cm³/mol. The second kappa shape index (κ2) is 9.95. The van der Waals surface area contributed by atoms with E-state index in [0.717, 1.165) is 16.9 Å². The Morgan fingerprint density at radius 1 is 0.886 bits per heavy atom. The van der Waals surface area contributed by atoms with Crippen LogP contribution in [0.2, 0.25) is 0 Å². The summed E-state index contributed by atoms with van der Waals surface area (Å²) in [6, 6.07) is 20.1. The molecule has 1 aliphatic heterocycles. The van der Waals surface area contributed by atoms with Crippen molar-refractivity contribution in [2.45, 2.75) is 51.1 Å². The average molecular weight is 468 g/mol. The van der Waals surface area contributed by atoms with E-state index in [-0.39, 0.29) is 11.7 Å². The third kappa shape index (κ3) is 4.81. The molecule has 1 amide bonds. The van der Waals surface area contributed by atoms with Crippen LogP contribution in [0.4, 0.5) is 5.69 Å². The summed E-state index contributed by atoms with van der Waals surface area (Å²) in [4.78, 5) is 30.4. The van der Waals surface area contributed by atoms with E-state index in [1.54, 1.807) is 12.3 Å². The Labute approximate surface area is 207 Å². The number of aromatic nitrogens is 1. The van der Waals surface area contributed by atoms with E-state index in [1.807, 2.05) is 77.0 Å². The van der Waals surface area contributed by atoms with Crippen molar-refractivity contribution in [3.63, 3.8) is 0 Å². The van der Waals surface area contributed by atoms with Crippen LogP contribution >= 0.6 is 0 Å². The zero-order valence-electron chi connectivity index (χ0n) is 20.6. The van der Waals surface area contributed by atoms with Crippen molar-refractivity contribution >= 4 is 17.4 Å². The number of hydrogen-bond donors (Lipinski definition) is 0. The van der Waals surface area contributed by atoms with Crippen molar-refractivity contribution in [1.82, 2.24) is 9.47 Å². The number of ketones is 1. The number of amides is 1. The molecule has 1 saturated carbocycles. The Balaban J connectivity index is 1.45. The van der Waals surface area contributed by atoms with Crippen LogP contribution < -0.4 is 4.90 Å². The molecular weight excluding hydrogens is 434 g/mol.